The summed E-state index contributed by atoms with van der Waals surface area (Å²) in [6, 6.07) is 12.4. The quantitative estimate of drug-likeness (QED) is 0.891. The molecule has 0 radical (unpaired) electrons. The van der Waals surface area contributed by atoms with Crippen LogP contribution in [0.3, 0.4) is 0 Å². The number of hydrogen-bond donors (Lipinski definition) is 1. The Hall–Kier alpha value is -1.87. The number of methoxy groups -OCH3 is 1. The van der Waals surface area contributed by atoms with E-state index in [0.29, 0.717) is 0 Å². The van der Waals surface area contributed by atoms with Crippen molar-refractivity contribution < 1.29 is 4.74 Å². The van der Waals surface area contributed by atoms with Crippen LogP contribution in [0.2, 0.25) is 0 Å². The number of nitrogens with zero attached hydrogens (tertiary/aromatic N) is 1. The maximum absolute atomic E-state index is 5.38. The van der Waals surface area contributed by atoms with Crippen LogP contribution in [0.15, 0.2) is 42.6 Å². The molecule has 2 aromatic rings. The lowest BCUT2D eigenvalue weighted by atomic mass is 10.1. The summed E-state index contributed by atoms with van der Waals surface area (Å²) in [6.45, 7) is 4.97. The highest BCUT2D eigenvalue weighted by Gasteiger charge is 2.08. The number of pyridine rings is 1. The molecule has 0 aliphatic heterocycles. The third kappa shape index (κ3) is 3.55. The Bertz CT molecular complexity index is 526. The Morgan fingerprint density at radius 2 is 2.11 bits per heavy atom. The Kier molecular flexibility index (Phi) is 4.53. The summed E-state index contributed by atoms with van der Waals surface area (Å²) in [5.74, 6) is 0.923. The second kappa shape index (κ2) is 6.34. The molecule has 0 saturated heterocycles. The molecule has 0 fully saturated rings. The van der Waals surface area contributed by atoms with Crippen LogP contribution in [-0.2, 0) is 6.54 Å². The van der Waals surface area contributed by atoms with Gasteiger partial charge in [-0.05, 0) is 32.0 Å². The summed E-state index contributed by atoms with van der Waals surface area (Å²) < 4.78 is 5.38. The number of ether oxygens (including phenoxy) is 1. The Labute approximate surface area is 114 Å². The van der Waals surface area contributed by atoms with Gasteiger partial charge in [0.05, 0.1) is 12.8 Å². The average Bonchev–Trinajstić information content (AvgIpc) is 2.46. The number of hydrogen-bond acceptors (Lipinski definition) is 3. The van der Waals surface area contributed by atoms with Crippen LogP contribution < -0.4 is 10.1 Å². The molecule has 100 valence electrons. The highest BCUT2D eigenvalue weighted by atomic mass is 16.5. The molecule has 0 amide bonds. The van der Waals surface area contributed by atoms with Crippen molar-refractivity contribution in [3.8, 4) is 5.75 Å². The lowest BCUT2D eigenvalue weighted by Crippen LogP contribution is -2.19. The van der Waals surface area contributed by atoms with Gasteiger partial charge in [0.25, 0.3) is 0 Å². The normalized spacial score (nSPS) is 12.2. The molecule has 2 rings (SSSR count). The third-order valence-electron chi connectivity index (χ3n) is 3.17. The largest absolute Gasteiger partial charge is 0.496 e. The molecule has 0 aliphatic rings. The monoisotopic (exact) mass is 256 g/mol. The zero-order valence-electron chi connectivity index (χ0n) is 11.7. The van der Waals surface area contributed by atoms with Crippen LogP contribution in [0.4, 0.5) is 0 Å². The summed E-state index contributed by atoms with van der Waals surface area (Å²) in [6.07, 6.45) is 1.82. The molecule has 0 aliphatic carbocycles. The minimum Gasteiger partial charge on any atom is -0.496 e. The van der Waals surface area contributed by atoms with E-state index in [0.717, 1.165) is 18.0 Å². The number of benzene rings is 1. The van der Waals surface area contributed by atoms with Gasteiger partial charge in [0.2, 0.25) is 0 Å². The summed E-state index contributed by atoms with van der Waals surface area (Å²) in [5.41, 5.74) is 3.46. The minimum absolute atomic E-state index is 0.214. The summed E-state index contributed by atoms with van der Waals surface area (Å²) in [7, 11) is 1.70. The van der Waals surface area contributed by atoms with Crippen molar-refractivity contribution in [3.63, 3.8) is 0 Å². The van der Waals surface area contributed by atoms with Gasteiger partial charge in [-0.25, -0.2) is 0 Å². The summed E-state index contributed by atoms with van der Waals surface area (Å²) in [4.78, 5) is 4.36. The maximum atomic E-state index is 5.38. The van der Waals surface area contributed by atoms with E-state index in [1.807, 2.05) is 30.5 Å². The topological polar surface area (TPSA) is 34.1 Å². The van der Waals surface area contributed by atoms with Gasteiger partial charge < -0.3 is 10.1 Å². The summed E-state index contributed by atoms with van der Waals surface area (Å²) >= 11 is 0. The number of nitrogens with one attached hydrogen (secondary N) is 1. The number of rotatable bonds is 5. The van der Waals surface area contributed by atoms with E-state index >= 15 is 0 Å². The van der Waals surface area contributed by atoms with Crippen molar-refractivity contribution in [2.24, 2.45) is 0 Å². The van der Waals surface area contributed by atoms with E-state index in [1.54, 1.807) is 7.11 Å². The van der Waals surface area contributed by atoms with Crippen molar-refractivity contribution in [3.05, 3.63) is 59.4 Å². The van der Waals surface area contributed by atoms with Gasteiger partial charge in [0.1, 0.15) is 5.75 Å². The maximum Gasteiger partial charge on any atom is 0.123 e. The molecule has 1 N–H and O–H groups in total. The zero-order valence-corrected chi connectivity index (χ0v) is 11.7. The molecule has 1 heterocycles. The van der Waals surface area contributed by atoms with Crippen LogP contribution >= 0.6 is 0 Å². The molecule has 1 aromatic carbocycles. The fourth-order valence-corrected chi connectivity index (χ4v) is 2.05. The van der Waals surface area contributed by atoms with Gasteiger partial charge in [0, 0.05) is 24.3 Å². The van der Waals surface area contributed by atoms with Gasteiger partial charge in [-0.3, -0.25) is 4.98 Å². The average molecular weight is 256 g/mol. The van der Waals surface area contributed by atoms with Crippen LogP contribution in [-0.4, -0.2) is 12.1 Å². The minimum atomic E-state index is 0.214. The van der Waals surface area contributed by atoms with E-state index in [1.165, 1.54) is 11.1 Å². The molecule has 1 unspecified atom stereocenters. The van der Waals surface area contributed by atoms with Crippen molar-refractivity contribution in [1.82, 2.24) is 10.3 Å². The van der Waals surface area contributed by atoms with Crippen LogP contribution in [0.1, 0.15) is 29.8 Å². The number of aromatic nitrogens is 1. The first-order chi connectivity index (χ1) is 9.20. The van der Waals surface area contributed by atoms with Crippen LogP contribution in [0.5, 0.6) is 5.75 Å². The van der Waals surface area contributed by atoms with E-state index < -0.39 is 0 Å². The lowest BCUT2D eigenvalue weighted by Gasteiger charge is -2.15. The second-order valence-corrected chi connectivity index (χ2v) is 4.67. The van der Waals surface area contributed by atoms with E-state index in [-0.39, 0.29) is 6.04 Å². The van der Waals surface area contributed by atoms with E-state index in [2.05, 4.69) is 36.3 Å². The van der Waals surface area contributed by atoms with Crippen molar-refractivity contribution in [1.29, 1.82) is 0 Å². The molecular formula is C16H20N2O. The Balaban J connectivity index is 2.04. The molecular weight excluding hydrogens is 236 g/mol. The van der Waals surface area contributed by atoms with Crippen LogP contribution in [0, 0.1) is 6.92 Å². The molecule has 0 saturated carbocycles. The predicted molar refractivity (Wildman–Crippen MR) is 77.2 cm³/mol. The lowest BCUT2D eigenvalue weighted by molar-refractivity contribution is 0.405. The smallest absolute Gasteiger partial charge is 0.123 e. The van der Waals surface area contributed by atoms with Gasteiger partial charge in [-0.2, -0.15) is 0 Å². The molecule has 1 aromatic heterocycles. The summed E-state index contributed by atoms with van der Waals surface area (Å²) in [5, 5.41) is 3.47. The third-order valence-corrected chi connectivity index (χ3v) is 3.17. The molecule has 3 heteroatoms. The predicted octanol–water partition coefficient (Wildman–Crippen LogP) is 3.25. The van der Waals surface area contributed by atoms with Crippen molar-refractivity contribution in [2.75, 3.05) is 7.11 Å². The number of aryl methyl sites for hydroxylation is 1. The van der Waals surface area contributed by atoms with Crippen molar-refractivity contribution >= 4 is 0 Å². The molecule has 3 nitrogen and oxygen atoms in total. The van der Waals surface area contributed by atoms with Crippen molar-refractivity contribution in [2.45, 2.75) is 26.4 Å². The molecule has 0 spiro atoms. The molecule has 0 bridgehead atoms. The van der Waals surface area contributed by atoms with Gasteiger partial charge >= 0.3 is 0 Å². The molecule has 19 heavy (non-hydrogen) atoms. The first-order valence-electron chi connectivity index (χ1n) is 6.48. The fraction of sp³-hybridized carbons (Fsp3) is 0.312. The highest BCUT2D eigenvalue weighted by molar-refractivity contribution is 5.36. The Morgan fingerprint density at radius 3 is 2.79 bits per heavy atom. The van der Waals surface area contributed by atoms with Gasteiger partial charge in [0.15, 0.2) is 0 Å². The standard InChI is InChI=1S/C16H20N2O/c1-12-7-8-16(19-3)14(10-12)11-18-13(2)15-6-4-5-9-17-15/h4-10,13,18H,11H2,1-3H3. The first-order valence-corrected chi connectivity index (χ1v) is 6.48. The second-order valence-electron chi connectivity index (χ2n) is 4.67. The first kappa shape index (κ1) is 13.6. The Morgan fingerprint density at radius 1 is 1.26 bits per heavy atom. The highest BCUT2D eigenvalue weighted by Crippen LogP contribution is 2.20. The van der Waals surface area contributed by atoms with Gasteiger partial charge in [-0.1, -0.05) is 23.8 Å². The van der Waals surface area contributed by atoms with Gasteiger partial charge in [-0.15, -0.1) is 0 Å². The van der Waals surface area contributed by atoms with Crippen LogP contribution in [0.25, 0.3) is 0 Å². The SMILES string of the molecule is COc1ccc(C)cc1CNC(C)c1ccccn1. The van der Waals surface area contributed by atoms with E-state index in [9.17, 15) is 0 Å². The molecule has 1 atom stereocenters. The fourth-order valence-electron chi connectivity index (χ4n) is 2.05. The zero-order chi connectivity index (χ0) is 13.7. The van der Waals surface area contributed by atoms with E-state index in [4.69, 9.17) is 4.74 Å².